The fraction of sp³-hybridized carbons (Fsp3) is 0.333. The maximum atomic E-state index is 3.60. The quantitative estimate of drug-likeness (QED) is 0.823. The van der Waals surface area contributed by atoms with Crippen molar-refractivity contribution in [1.82, 2.24) is 5.32 Å². The van der Waals surface area contributed by atoms with E-state index in [9.17, 15) is 0 Å². The number of benzene rings is 1. The van der Waals surface area contributed by atoms with E-state index in [1.54, 1.807) is 11.3 Å². The number of rotatable bonds is 5. The molecule has 2 rings (SSSR count). The van der Waals surface area contributed by atoms with Gasteiger partial charge in [0.2, 0.25) is 0 Å². The molecule has 1 N–H and O–H groups in total. The van der Waals surface area contributed by atoms with Gasteiger partial charge in [0, 0.05) is 21.9 Å². The molecule has 0 radical (unpaired) electrons. The third kappa shape index (κ3) is 3.22. The van der Waals surface area contributed by atoms with Crippen LogP contribution in [0.3, 0.4) is 0 Å². The van der Waals surface area contributed by atoms with Crippen molar-refractivity contribution in [3.63, 3.8) is 0 Å². The molecule has 96 valence electrons. The first-order valence-corrected chi connectivity index (χ1v) is 7.92. The minimum absolute atomic E-state index is 0.379. The molecule has 1 aromatic heterocycles. The number of hydrogen-bond acceptors (Lipinski definition) is 2. The molecule has 1 atom stereocenters. The van der Waals surface area contributed by atoms with E-state index < -0.39 is 0 Å². The Morgan fingerprint density at radius 3 is 2.56 bits per heavy atom. The zero-order valence-corrected chi connectivity index (χ0v) is 13.1. The zero-order chi connectivity index (χ0) is 13.0. The van der Waals surface area contributed by atoms with Gasteiger partial charge in [-0.3, -0.25) is 0 Å². The lowest BCUT2D eigenvalue weighted by atomic mass is 10.1. The highest BCUT2D eigenvalue weighted by Gasteiger charge is 2.10. The van der Waals surface area contributed by atoms with Crippen LogP contribution in [-0.2, 0) is 13.0 Å². The Kier molecular flexibility index (Phi) is 4.98. The third-order valence-corrected chi connectivity index (χ3v) is 5.19. The second kappa shape index (κ2) is 6.50. The average Bonchev–Trinajstić information content (AvgIpc) is 2.82. The fourth-order valence-corrected chi connectivity index (χ4v) is 3.79. The maximum Gasteiger partial charge on any atom is 0.0400 e. The van der Waals surface area contributed by atoms with E-state index in [1.165, 1.54) is 20.5 Å². The Hall–Kier alpha value is -0.640. The first-order chi connectivity index (χ1) is 8.72. The van der Waals surface area contributed by atoms with E-state index in [0.29, 0.717) is 6.04 Å². The van der Waals surface area contributed by atoms with E-state index in [2.05, 4.69) is 70.8 Å². The molecule has 2 aromatic rings. The van der Waals surface area contributed by atoms with Crippen molar-refractivity contribution in [2.75, 3.05) is 0 Å². The van der Waals surface area contributed by atoms with Crippen LogP contribution < -0.4 is 5.32 Å². The Morgan fingerprint density at radius 2 is 1.94 bits per heavy atom. The molecule has 0 fully saturated rings. The van der Waals surface area contributed by atoms with Gasteiger partial charge in [-0.2, -0.15) is 0 Å². The van der Waals surface area contributed by atoms with Crippen LogP contribution in [-0.4, -0.2) is 0 Å². The molecule has 1 heterocycles. The van der Waals surface area contributed by atoms with Gasteiger partial charge in [0.25, 0.3) is 0 Å². The van der Waals surface area contributed by atoms with Crippen molar-refractivity contribution in [1.29, 1.82) is 0 Å². The molecule has 1 unspecified atom stereocenters. The summed E-state index contributed by atoms with van der Waals surface area (Å²) in [7, 11) is 0. The molecule has 18 heavy (non-hydrogen) atoms. The molecule has 0 aliphatic carbocycles. The van der Waals surface area contributed by atoms with Crippen LogP contribution in [0.25, 0.3) is 0 Å². The standard InChI is InChI=1S/C15H18BrNS/c1-3-12-6-4-5-7-13(12)10-17-11(2)15-14(16)8-9-18-15/h4-9,11,17H,3,10H2,1-2H3. The van der Waals surface area contributed by atoms with E-state index in [-0.39, 0.29) is 0 Å². The van der Waals surface area contributed by atoms with Gasteiger partial charge in [0.05, 0.1) is 0 Å². The summed E-state index contributed by atoms with van der Waals surface area (Å²) in [5.41, 5.74) is 2.84. The molecule has 0 saturated heterocycles. The van der Waals surface area contributed by atoms with Gasteiger partial charge in [-0.15, -0.1) is 11.3 Å². The minimum Gasteiger partial charge on any atom is -0.305 e. The Labute approximate surface area is 121 Å². The number of hydrogen-bond donors (Lipinski definition) is 1. The van der Waals surface area contributed by atoms with Crippen molar-refractivity contribution < 1.29 is 0 Å². The molecule has 0 bridgehead atoms. The summed E-state index contributed by atoms with van der Waals surface area (Å²) in [6.07, 6.45) is 1.09. The van der Waals surface area contributed by atoms with Crippen LogP contribution in [0.5, 0.6) is 0 Å². The summed E-state index contributed by atoms with van der Waals surface area (Å²) in [5, 5.41) is 5.72. The predicted octanol–water partition coefficient (Wildman–Crippen LogP) is 4.92. The van der Waals surface area contributed by atoms with E-state index in [0.717, 1.165) is 13.0 Å². The smallest absolute Gasteiger partial charge is 0.0400 e. The average molecular weight is 324 g/mol. The normalized spacial score (nSPS) is 12.6. The SMILES string of the molecule is CCc1ccccc1CNC(C)c1sccc1Br. The Bertz CT molecular complexity index is 507. The maximum absolute atomic E-state index is 3.60. The molecular formula is C15H18BrNS. The zero-order valence-electron chi connectivity index (χ0n) is 10.7. The van der Waals surface area contributed by atoms with Gasteiger partial charge in [-0.05, 0) is 51.8 Å². The lowest BCUT2D eigenvalue weighted by Crippen LogP contribution is -2.18. The van der Waals surface area contributed by atoms with Crippen LogP contribution in [0.15, 0.2) is 40.2 Å². The second-order valence-corrected chi connectivity index (χ2v) is 6.16. The predicted molar refractivity (Wildman–Crippen MR) is 83.1 cm³/mol. The highest BCUT2D eigenvalue weighted by molar-refractivity contribution is 9.10. The van der Waals surface area contributed by atoms with Gasteiger partial charge >= 0.3 is 0 Å². The van der Waals surface area contributed by atoms with Crippen LogP contribution in [0.4, 0.5) is 0 Å². The van der Waals surface area contributed by atoms with Gasteiger partial charge in [0.15, 0.2) is 0 Å². The van der Waals surface area contributed by atoms with Gasteiger partial charge in [0.1, 0.15) is 0 Å². The summed E-state index contributed by atoms with van der Waals surface area (Å²) < 4.78 is 1.20. The molecule has 0 aliphatic heterocycles. The monoisotopic (exact) mass is 323 g/mol. The van der Waals surface area contributed by atoms with Crippen LogP contribution in [0.2, 0.25) is 0 Å². The first-order valence-electron chi connectivity index (χ1n) is 6.25. The second-order valence-electron chi connectivity index (χ2n) is 4.36. The fourth-order valence-electron chi connectivity index (χ4n) is 2.04. The lowest BCUT2D eigenvalue weighted by molar-refractivity contribution is 0.579. The number of halogens is 1. The molecule has 1 aromatic carbocycles. The molecule has 0 saturated carbocycles. The van der Waals surface area contributed by atoms with Crippen molar-refractivity contribution >= 4 is 27.3 Å². The van der Waals surface area contributed by atoms with Gasteiger partial charge in [-0.1, -0.05) is 31.2 Å². The highest BCUT2D eigenvalue weighted by atomic mass is 79.9. The van der Waals surface area contributed by atoms with Gasteiger partial charge < -0.3 is 5.32 Å². The third-order valence-electron chi connectivity index (χ3n) is 3.14. The van der Waals surface area contributed by atoms with E-state index in [4.69, 9.17) is 0 Å². The first kappa shape index (κ1) is 13.8. The number of aryl methyl sites for hydroxylation is 1. The Balaban J connectivity index is 2.01. The minimum atomic E-state index is 0.379. The number of nitrogens with one attached hydrogen (secondary N) is 1. The molecule has 0 amide bonds. The topological polar surface area (TPSA) is 12.0 Å². The molecule has 0 aliphatic rings. The largest absolute Gasteiger partial charge is 0.305 e. The summed E-state index contributed by atoms with van der Waals surface area (Å²) in [6.45, 7) is 5.35. The molecule has 1 nitrogen and oxygen atoms in total. The van der Waals surface area contributed by atoms with Crippen molar-refractivity contribution in [3.8, 4) is 0 Å². The van der Waals surface area contributed by atoms with Gasteiger partial charge in [-0.25, -0.2) is 0 Å². The van der Waals surface area contributed by atoms with Crippen LogP contribution in [0, 0.1) is 0 Å². The van der Waals surface area contributed by atoms with E-state index in [1.807, 2.05) is 0 Å². The highest BCUT2D eigenvalue weighted by Crippen LogP contribution is 2.29. The molecular weight excluding hydrogens is 306 g/mol. The van der Waals surface area contributed by atoms with Crippen molar-refractivity contribution in [2.24, 2.45) is 0 Å². The van der Waals surface area contributed by atoms with E-state index >= 15 is 0 Å². The van der Waals surface area contributed by atoms with Crippen LogP contribution >= 0.6 is 27.3 Å². The lowest BCUT2D eigenvalue weighted by Gasteiger charge is -2.15. The summed E-state index contributed by atoms with van der Waals surface area (Å²) >= 11 is 5.39. The Morgan fingerprint density at radius 1 is 1.22 bits per heavy atom. The van der Waals surface area contributed by atoms with Crippen molar-refractivity contribution in [2.45, 2.75) is 32.9 Å². The summed E-state index contributed by atoms with van der Waals surface area (Å²) in [5.74, 6) is 0. The molecule has 3 heteroatoms. The summed E-state index contributed by atoms with van der Waals surface area (Å²) in [6, 6.07) is 11.1. The summed E-state index contributed by atoms with van der Waals surface area (Å²) in [4.78, 5) is 1.36. The molecule has 0 spiro atoms. The van der Waals surface area contributed by atoms with Crippen LogP contribution in [0.1, 0.15) is 35.9 Å². The number of thiophene rings is 1. The van der Waals surface area contributed by atoms with Crippen molar-refractivity contribution in [3.05, 3.63) is 56.2 Å².